The van der Waals surface area contributed by atoms with Crippen LogP contribution in [0.4, 0.5) is 0 Å². The normalized spacial score (nSPS) is 12.4. The highest BCUT2D eigenvalue weighted by Gasteiger charge is 2.10. The first-order chi connectivity index (χ1) is 9.56. The van der Waals surface area contributed by atoms with E-state index in [9.17, 15) is 9.59 Å². The van der Waals surface area contributed by atoms with E-state index in [0.717, 1.165) is 32.5 Å². The van der Waals surface area contributed by atoms with Crippen LogP contribution in [0.2, 0.25) is 0 Å². The molecule has 0 aliphatic carbocycles. The number of hydrogen-bond acceptors (Lipinski definition) is 3. The summed E-state index contributed by atoms with van der Waals surface area (Å²) in [5.74, 6) is -0.188. The predicted octanol–water partition coefficient (Wildman–Crippen LogP) is 1.62. The van der Waals surface area contributed by atoms with Gasteiger partial charge in [-0.3, -0.25) is 9.59 Å². The lowest BCUT2D eigenvalue weighted by Crippen LogP contribution is -2.34. The Kier molecular flexibility index (Phi) is 7.01. The number of nitrogens with one attached hydrogen (secondary N) is 2. The zero-order chi connectivity index (χ0) is 15.0. The Morgan fingerprint density at radius 2 is 2.10 bits per heavy atom. The van der Waals surface area contributed by atoms with Gasteiger partial charge < -0.3 is 15.2 Å². The number of rotatable bonds is 8. The fourth-order valence-electron chi connectivity index (χ4n) is 2.13. The molecular weight excluding hydrogens is 254 g/mol. The van der Waals surface area contributed by atoms with Crippen LogP contribution in [-0.4, -0.2) is 41.5 Å². The first kappa shape index (κ1) is 16.4. The average molecular weight is 279 g/mol. The number of H-pyrrole nitrogens is 1. The third-order valence-corrected chi connectivity index (χ3v) is 3.42. The number of nitrogens with zero attached hydrogens (tertiary/aromatic N) is 1. The molecule has 0 aliphatic rings. The van der Waals surface area contributed by atoms with Crippen molar-refractivity contribution in [1.82, 2.24) is 15.2 Å². The highest BCUT2D eigenvalue weighted by molar-refractivity contribution is 5.94. The summed E-state index contributed by atoms with van der Waals surface area (Å²) in [4.78, 5) is 28.0. The summed E-state index contributed by atoms with van der Waals surface area (Å²) in [6.45, 7) is 9.48. The SMILES string of the molecule is CCN(CC)CCCC(C)NC(=O)c1cc[nH]c(=O)c1. The van der Waals surface area contributed by atoms with E-state index in [2.05, 4.69) is 29.0 Å². The van der Waals surface area contributed by atoms with Crippen molar-refractivity contribution in [3.63, 3.8) is 0 Å². The molecule has 0 radical (unpaired) electrons. The Labute approximate surface area is 120 Å². The van der Waals surface area contributed by atoms with Gasteiger partial charge in [0.15, 0.2) is 0 Å². The summed E-state index contributed by atoms with van der Waals surface area (Å²) in [6.07, 6.45) is 3.48. The molecule has 0 saturated carbocycles. The van der Waals surface area contributed by atoms with Gasteiger partial charge in [0.2, 0.25) is 5.56 Å². The molecule has 5 heteroatoms. The molecule has 0 aromatic carbocycles. The van der Waals surface area contributed by atoms with E-state index in [4.69, 9.17) is 0 Å². The summed E-state index contributed by atoms with van der Waals surface area (Å²) in [5.41, 5.74) is 0.149. The number of hydrogen-bond donors (Lipinski definition) is 2. The number of pyridine rings is 1. The van der Waals surface area contributed by atoms with E-state index < -0.39 is 0 Å². The van der Waals surface area contributed by atoms with Crippen LogP contribution in [0.5, 0.6) is 0 Å². The molecule has 1 amide bonds. The van der Waals surface area contributed by atoms with Gasteiger partial charge in [-0.2, -0.15) is 0 Å². The predicted molar refractivity (Wildman–Crippen MR) is 81.0 cm³/mol. The van der Waals surface area contributed by atoms with Crippen LogP contribution in [-0.2, 0) is 0 Å². The molecule has 1 heterocycles. The standard InChI is InChI=1S/C15H25N3O2/c1-4-18(5-2)10-6-7-12(3)17-15(20)13-8-9-16-14(19)11-13/h8-9,11-12H,4-7,10H2,1-3H3,(H,16,19)(H,17,20). The van der Waals surface area contributed by atoms with Crippen LogP contribution in [0.25, 0.3) is 0 Å². The lowest BCUT2D eigenvalue weighted by atomic mass is 10.1. The Hall–Kier alpha value is -1.62. The van der Waals surface area contributed by atoms with Crippen molar-refractivity contribution in [2.24, 2.45) is 0 Å². The fourth-order valence-corrected chi connectivity index (χ4v) is 2.13. The molecule has 1 unspecified atom stereocenters. The van der Waals surface area contributed by atoms with Gasteiger partial charge in [0.1, 0.15) is 0 Å². The minimum Gasteiger partial charge on any atom is -0.350 e. The Morgan fingerprint density at radius 3 is 2.70 bits per heavy atom. The number of carbonyl (C=O) groups excluding carboxylic acids is 1. The topological polar surface area (TPSA) is 65.2 Å². The number of aromatic amines is 1. The van der Waals surface area contributed by atoms with Crippen LogP contribution in [0.1, 0.15) is 44.0 Å². The Balaban J connectivity index is 2.37. The summed E-state index contributed by atoms with van der Waals surface area (Å²) in [5, 5.41) is 2.92. The Bertz CT molecular complexity index is 466. The molecule has 0 saturated heterocycles. The molecule has 1 aromatic heterocycles. The molecule has 1 aromatic rings. The number of aromatic nitrogens is 1. The van der Waals surface area contributed by atoms with Gasteiger partial charge in [-0.1, -0.05) is 13.8 Å². The molecule has 0 aliphatic heterocycles. The second-order valence-electron chi connectivity index (χ2n) is 4.99. The summed E-state index contributed by atoms with van der Waals surface area (Å²) in [7, 11) is 0. The van der Waals surface area contributed by atoms with Crippen LogP contribution in [0.15, 0.2) is 23.1 Å². The van der Waals surface area contributed by atoms with Crippen molar-refractivity contribution in [2.75, 3.05) is 19.6 Å². The fraction of sp³-hybridized carbons (Fsp3) is 0.600. The van der Waals surface area contributed by atoms with E-state index in [1.54, 1.807) is 6.07 Å². The molecule has 0 spiro atoms. The smallest absolute Gasteiger partial charge is 0.251 e. The summed E-state index contributed by atoms with van der Waals surface area (Å²) >= 11 is 0. The summed E-state index contributed by atoms with van der Waals surface area (Å²) < 4.78 is 0. The molecule has 20 heavy (non-hydrogen) atoms. The van der Waals surface area contributed by atoms with E-state index in [1.165, 1.54) is 12.3 Å². The van der Waals surface area contributed by atoms with Crippen LogP contribution in [0.3, 0.4) is 0 Å². The maximum Gasteiger partial charge on any atom is 0.251 e. The maximum atomic E-state index is 11.9. The second-order valence-corrected chi connectivity index (χ2v) is 4.99. The van der Waals surface area contributed by atoms with Gasteiger partial charge >= 0.3 is 0 Å². The van der Waals surface area contributed by atoms with Crippen LogP contribution < -0.4 is 10.9 Å². The van der Waals surface area contributed by atoms with Gasteiger partial charge in [0, 0.05) is 23.9 Å². The minimum atomic E-state index is -0.258. The van der Waals surface area contributed by atoms with Crippen LogP contribution >= 0.6 is 0 Å². The molecule has 2 N–H and O–H groups in total. The first-order valence-corrected chi connectivity index (χ1v) is 7.28. The van der Waals surface area contributed by atoms with Gasteiger partial charge in [-0.15, -0.1) is 0 Å². The zero-order valence-electron chi connectivity index (χ0n) is 12.6. The minimum absolute atomic E-state index is 0.109. The van der Waals surface area contributed by atoms with E-state index in [-0.39, 0.29) is 17.5 Å². The molecular formula is C15H25N3O2. The van der Waals surface area contributed by atoms with Gasteiger partial charge in [-0.25, -0.2) is 0 Å². The largest absolute Gasteiger partial charge is 0.350 e. The third-order valence-electron chi connectivity index (χ3n) is 3.42. The number of carbonyl (C=O) groups is 1. The van der Waals surface area contributed by atoms with E-state index in [1.807, 2.05) is 6.92 Å². The molecule has 1 rings (SSSR count). The van der Waals surface area contributed by atoms with Gasteiger partial charge in [-0.05, 0) is 45.5 Å². The molecule has 0 bridgehead atoms. The highest BCUT2D eigenvalue weighted by atomic mass is 16.2. The van der Waals surface area contributed by atoms with E-state index >= 15 is 0 Å². The Morgan fingerprint density at radius 1 is 1.40 bits per heavy atom. The van der Waals surface area contributed by atoms with Crippen molar-refractivity contribution < 1.29 is 4.79 Å². The number of amides is 1. The molecule has 112 valence electrons. The first-order valence-electron chi connectivity index (χ1n) is 7.28. The maximum absolute atomic E-state index is 11.9. The van der Waals surface area contributed by atoms with E-state index in [0.29, 0.717) is 5.56 Å². The van der Waals surface area contributed by atoms with Crippen molar-refractivity contribution in [1.29, 1.82) is 0 Å². The van der Waals surface area contributed by atoms with Crippen molar-refractivity contribution in [3.05, 3.63) is 34.2 Å². The highest BCUT2D eigenvalue weighted by Crippen LogP contribution is 2.01. The molecule has 0 fully saturated rings. The average Bonchev–Trinajstić information content (AvgIpc) is 2.43. The van der Waals surface area contributed by atoms with Crippen molar-refractivity contribution in [2.45, 2.75) is 39.7 Å². The molecule has 5 nitrogen and oxygen atoms in total. The molecule has 1 atom stereocenters. The lowest BCUT2D eigenvalue weighted by molar-refractivity contribution is 0.0937. The van der Waals surface area contributed by atoms with Gasteiger partial charge in [0.05, 0.1) is 0 Å². The van der Waals surface area contributed by atoms with Crippen LogP contribution in [0, 0.1) is 0 Å². The monoisotopic (exact) mass is 279 g/mol. The van der Waals surface area contributed by atoms with Crippen molar-refractivity contribution in [3.8, 4) is 0 Å². The second kappa shape index (κ2) is 8.53. The quantitative estimate of drug-likeness (QED) is 0.760. The van der Waals surface area contributed by atoms with Crippen molar-refractivity contribution >= 4 is 5.91 Å². The lowest BCUT2D eigenvalue weighted by Gasteiger charge is -2.19. The summed E-state index contributed by atoms with van der Waals surface area (Å²) in [6, 6.07) is 3.04. The van der Waals surface area contributed by atoms with Gasteiger partial charge in [0.25, 0.3) is 5.91 Å². The zero-order valence-corrected chi connectivity index (χ0v) is 12.6. The third kappa shape index (κ3) is 5.57.